The van der Waals surface area contributed by atoms with Crippen molar-refractivity contribution in [3.8, 4) is 0 Å². The van der Waals surface area contributed by atoms with E-state index in [1.807, 2.05) is 0 Å². The molecule has 90 valence electrons. The van der Waals surface area contributed by atoms with Crippen LogP contribution in [0.15, 0.2) is 28.4 Å². The van der Waals surface area contributed by atoms with E-state index in [-0.39, 0.29) is 0 Å². The Bertz CT molecular complexity index is 450. The van der Waals surface area contributed by atoms with Gasteiger partial charge in [-0.2, -0.15) is 0 Å². The normalized spacial score (nSPS) is 19.8. The lowest BCUT2D eigenvalue weighted by Crippen LogP contribution is -2.36. The maximum atomic E-state index is 5.41. The Hall–Kier alpha value is -0.800. The lowest BCUT2D eigenvalue weighted by Gasteiger charge is -2.33. The highest BCUT2D eigenvalue weighted by atomic mass is 79.9. The van der Waals surface area contributed by atoms with Gasteiger partial charge in [0.1, 0.15) is 0 Å². The van der Waals surface area contributed by atoms with Crippen molar-refractivity contribution in [2.75, 3.05) is 26.3 Å². The second kappa shape index (κ2) is 4.83. The summed E-state index contributed by atoms with van der Waals surface area (Å²) in [5.74, 6) is 0. The molecule has 0 spiro atoms. The van der Waals surface area contributed by atoms with E-state index in [0.717, 1.165) is 39.1 Å². The summed E-state index contributed by atoms with van der Waals surface area (Å²) in [5, 5.41) is 0. The Morgan fingerprint density at radius 3 is 2.76 bits per heavy atom. The van der Waals surface area contributed by atoms with Crippen LogP contribution in [0.1, 0.15) is 17.5 Å². The van der Waals surface area contributed by atoms with Gasteiger partial charge in [0.2, 0.25) is 0 Å². The van der Waals surface area contributed by atoms with Crippen LogP contribution in [-0.4, -0.2) is 31.2 Å². The van der Waals surface area contributed by atoms with Crippen LogP contribution in [0.3, 0.4) is 0 Å². The minimum atomic E-state index is 0.861. The van der Waals surface area contributed by atoms with Crippen LogP contribution in [-0.2, 0) is 11.2 Å². The number of rotatable bonds is 1. The summed E-state index contributed by atoms with van der Waals surface area (Å²) in [6.07, 6.45) is 4.65. The van der Waals surface area contributed by atoms with E-state index in [1.165, 1.54) is 21.3 Å². The first-order chi connectivity index (χ1) is 8.34. The van der Waals surface area contributed by atoms with Crippen LogP contribution in [0.25, 0.3) is 6.08 Å². The molecular formula is C14H16BrNO. The summed E-state index contributed by atoms with van der Waals surface area (Å²) >= 11 is 3.65. The van der Waals surface area contributed by atoms with Gasteiger partial charge in [0.05, 0.1) is 13.2 Å². The van der Waals surface area contributed by atoms with Gasteiger partial charge in [0.15, 0.2) is 0 Å². The monoisotopic (exact) mass is 293 g/mol. The lowest BCUT2D eigenvalue weighted by molar-refractivity contribution is 0.0525. The highest BCUT2D eigenvalue weighted by Crippen LogP contribution is 2.31. The van der Waals surface area contributed by atoms with Crippen molar-refractivity contribution in [3.05, 3.63) is 39.5 Å². The third-order valence-electron chi connectivity index (χ3n) is 3.52. The topological polar surface area (TPSA) is 12.5 Å². The number of aryl methyl sites for hydroxylation is 1. The highest BCUT2D eigenvalue weighted by molar-refractivity contribution is 9.10. The first kappa shape index (κ1) is 11.3. The first-order valence-corrected chi connectivity index (χ1v) is 6.94. The fourth-order valence-corrected chi connectivity index (χ4v) is 3.08. The molecule has 2 nitrogen and oxygen atoms in total. The van der Waals surface area contributed by atoms with E-state index in [9.17, 15) is 0 Å². The zero-order valence-corrected chi connectivity index (χ0v) is 11.4. The molecule has 0 amide bonds. The minimum Gasteiger partial charge on any atom is -0.378 e. The molecule has 0 aromatic heterocycles. The molecule has 1 saturated heterocycles. The van der Waals surface area contributed by atoms with Gasteiger partial charge in [-0.05, 0) is 36.1 Å². The van der Waals surface area contributed by atoms with E-state index in [1.54, 1.807) is 0 Å². The minimum absolute atomic E-state index is 0.861. The van der Waals surface area contributed by atoms with E-state index in [2.05, 4.69) is 45.1 Å². The number of benzene rings is 1. The third-order valence-corrected chi connectivity index (χ3v) is 4.21. The van der Waals surface area contributed by atoms with Gasteiger partial charge in [0.25, 0.3) is 0 Å². The van der Waals surface area contributed by atoms with Crippen LogP contribution < -0.4 is 0 Å². The number of fused-ring (bicyclic) bond motifs is 1. The van der Waals surface area contributed by atoms with Crippen molar-refractivity contribution in [3.63, 3.8) is 0 Å². The van der Waals surface area contributed by atoms with Crippen molar-refractivity contribution in [2.45, 2.75) is 12.8 Å². The maximum absolute atomic E-state index is 5.41. The number of halogens is 1. The Balaban J connectivity index is 1.90. The smallest absolute Gasteiger partial charge is 0.0642 e. The van der Waals surface area contributed by atoms with E-state index >= 15 is 0 Å². The van der Waals surface area contributed by atoms with Crippen LogP contribution in [0.4, 0.5) is 0 Å². The van der Waals surface area contributed by atoms with Gasteiger partial charge in [0, 0.05) is 23.3 Å². The van der Waals surface area contributed by atoms with Gasteiger partial charge in [-0.3, -0.25) is 0 Å². The fourth-order valence-electron chi connectivity index (χ4n) is 2.56. The van der Waals surface area contributed by atoms with Crippen molar-refractivity contribution >= 4 is 22.0 Å². The van der Waals surface area contributed by atoms with Crippen molar-refractivity contribution in [1.29, 1.82) is 0 Å². The summed E-state index contributed by atoms with van der Waals surface area (Å²) in [4.78, 5) is 2.46. The summed E-state index contributed by atoms with van der Waals surface area (Å²) in [5.41, 5.74) is 4.28. The zero-order valence-electron chi connectivity index (χ0n) is 9.79. The Labute approximate surface area is 110 Å². The molecule has 3 heteroatoms. The lowest BCUT2D eigenvalue weighted by atomic mass is 9.95. The standard InChI is InChI=1S/C14H16BrNO/c15-14-3-1-2-11-4-5-12(10-13(11)14)16-6-8-17-9-7-16/h1-3,10H,4-9H2. The molecule has 0 N–H and O–H groups in total. The van der Waals surface area contributed by atoms with E-state index < -0.39 is 0 Å². The number of ether oxygens (including phenoxy) is 1. The van der Waals surface area contributed by atoms with Gasteiger partial charge < -0.3 is 9.64 Å². The summed E-state index contributed by atoms with van der Waals surface area (Å²) in [6, 6.07) is 6.47. The number of hydrogen-bond donors (Lipinski definition) is 0. The number of nitrogens with zero attached hydrogens (tertiary/aromatic N) is 1. The van der Waals surface area contributed by atoms with Gasteiger partial charge in [-0.15, -0.1) is 0 Å². The summed E-state index contributed by atoms with van der Waals surface area (Å²) in [6.45, 7) is 3.79. The summed E-state index contributed by atoms with van der Waals surface area (Å²) in [7, 11) is 0. The Morgan fingerprint density at radius 2 is 1.94 bits per heavy atom. The number of morpholine rings is 1. The molecule has 1 fully saturated rings. The predicted octanol–water partition coefficient (Wildman–Crippen LogP) is 3.07. The first-order valence-electron chi connectivity index (χ1n) is 6.15. The second-order valence-corrected chi connectivity index (χ2v) is 5.40. The van der Waals surface area contributed by atoms with Crippen LogP contribution in [0.2, 0.25) is 0 Å². The van der Waals surface area contributed by atoms with Crippen LogP contribution in [0.5, 0.6) is 0 Å². The molecule has 0 radical (unpaired) electrons. The number of hydrogen-bond acceptors (Lipinski definition) is 2. The molecule has 0 atom stereocenters. The molecule has 17 heavy (non-hydrogen) atoms. The predicted molar refractivity (Wildman–Crippen MR) is 72.8 cm³/mol. The Morgan fingerprint density at radius 1 is 1.12 bits per heavy atom. The average molecular weight is 294 g/mol. The zero-order chi connectivity index (χ0) is 11.7. The second-order valence-electron chi connectivity index (χ2n) is 4.55. The Kier molecular flexibility index (Phi) is 3.21. The molecule has 1 aromatic carbocycles. The average Bonchev–Trinajstić information content (AvgIpc) is 2.40. The van der Waals surface area contributed by atoms with Crippen LogP contribution >= 0.6 is 15.9 Å². The largest absolute Gasteiger partial charge is 0.378 e. The molecule has 1 heterocycles. The summed E-state index contributed by atoms with van der Waals surface area (Å²) < 4.78 is 6.61. The van der Waals surface area contributed by atoms with Gasteiger partial charge >= 0.3 is 0 Å². The molecule has 2 aliphatic rings. The maximum Gasteiger partial charge on any atom is 0.0642 e. The molecule has 0 unspecified atom stereocenters. The van der Waals surface area contributed by atoms with Crippen molar-refractivity contribution < 1.29 is 4.74 Å². The molecular weight excluding hydrogens is 278 g/mol. The number of allylic oxidation sites excluding steroid dienone is 1. The third kappa shape index (κ3) is 2.26. The molecule has 1 aliphatic heterocycles. The van der Waals surface area contributed by atoms with E-state index in [4.69, 9.17) is 4.74 Å². The van der Waals surface area contributed by atoms with Gasteiger partial charge in [-0.1, -0.05) is 28.1 Å². The molecule has 0 saturated carbocycles. The molecule has 1 aromatic rings. The fraction of sp³-hybridized carbons (Fsp3) is 0.429. The quantitative estimate of drug-likeness (QED) is 0.789. The van der Waals surface area contributed by atoms with Crippen molar-refractivity contribution in [1.82, 2.24) is 4.90 Å². The van der Waals surface area contributed by atoms with Crippen molar-refractivity contribution in [2.24, 2.45) is 0 Å². The van der Waals surface area contributed by atoms with Gasteiger partial charge in [-0.25, -0.2) is 0 Å². The van der Waals surface area contributed by atoms with Crippen LogP contribution in [0, 0.1) is 0 Å². The molecule has 1 aliphatic carbocycles. The highest BCUT2D eigenvalue weighted by Gasteiger charge is 2.18. The SMILES string of the molecule is Brc1cccc2c1C=C(N1CCOCC1)CC2. The van der Waals surface area contributed by atoms with E-state index in [0.29, 0.717) is 0 Å². The molecule has 3 rings (SSSR count). The molecule has 0 bridgehead atoms.